The van der Waals surface area contributed by atoms with E-state index in [0.717, 1.165) is 0 Å². The Morgan fingerprint density at radius 3 is 2.59 bits per heavy atom. The maximum atomic E-state index is 10.8. The van der Waals surface area contributed by atoms with Gasteiger partial charge < -0.3 is 19.7 Å². The third-order valence-corrected chi connectivity index (χ3v) is 2.86. The van der Waals surface area contributed by atoms with Crippen LogP contribution in [-0.2, 0) is 16.1 Å². The molecule has 0 amide bonds. The van der Waals surface area contributed by atoms with Gasteiger partial charge >= 0.3 is 5.97 Å². The van der Waals surface area contributed by atoms with E-state index in [-0.39, 0.29) is 12.2 Å². The molecule has 1 rings (SSSR count). The Morgan fingerprint density at radius 2 is 2.12 bits per heavy atom. The Balaban J connectivity index is 3.26. The minimum absolute atomic E-state index is 0.198. The summed E-state index contributed by atoms with van der Waals surface area (Å²) in [5.41, 5.74) is 0.856. The number of hydrogen-bond donors (Lipinski definition) is 2. The quantitative estimate of drug-likeness (QED) is 0.866. The summed E-state index contributed by atoms with van der Waals surface area (Å²) in [6, 6.07) is 3.15. The molecule has 1 aromatic carbocycles. The molecule has 0 radical (unpaired) electrons. The first-order chi connectivity index (χ1) is 8.01. The summed E-state index contributed by atoms with van der Waals surface area (Å²) in [7, 11) is 3.00. The molecule has 94 valence electrons. The summed E-state index contributed by atoms with van der Waals surface area (Å²) in [5.74, 6) is -0.752. The van der Waals surface area contributed by atoms with E-state index >= 15 is 0 Å². The molecule has 6 heteroatoms. The molecule has 1 aromatic rings. The van der Waals surface area contributed by atoms with Crippen LogP contribution in [0, 0.1) is 0 Å². The maximum Gasteiger partial charge on any atom is 0.337 e. The van der Waals surface area contributed by atoms with Crippen molar-refractivity contribution in [3.63, 3.8) is 0 Å². The molecule has 0 aliphatic rings. The summed E-state index contributed by atoms with van der Waals surface area (Å²) in [6.07, 6.45) is -1.58. The monoisotopic (exact) mass is 304 g/mol. The van der Waals surface area contributed by atoms with Crippen LogP contribution in [0.4, 0.5) is 0 Å². The number of hydrogen-bond acceptors (Lipinski definition) is 4. The van der Waals surface area contributed by atoms with Crippen LogP contribution in [0.15, 0.2) is 16.6 Å². The van der Waals surface area contributed by atoms with Gasteiger partial charge in [0.2, 0.25) is 0 Å². The van der Waals surface area contributed by atoms with E-state index in [0.29, 0.717) is 15.8 Å². The van der Waals surface area contributed by atoms with Crippen LogP contribution in [0.3, 0.4) is 0 Å². The Hall–Kier alpha value is -1.11. The van der Waals surface area contributed by atoms with E-state index in [1.807, 2.05) is 0 Å². The number of aliphatic hydroxyl groups is 1. The number of carboxylic acid groups (broad SMARTS) is 1. The van der Waals surface area contributed by atoms with Gasteiger partial charge in [0, 0.05) is 7.11 Å². The highest BCUT2D eigenvalue weighted by Gasteiger charge is 2.21. The molecule has 5 nitrogen and oxygen atoms in total. The van der Waals surface area contributed by atoms with E-state index in [2.05, 4.69) is 15.9 Å². The zero-order valence-electron chi connectivity index (χ0n) is 9.44. The number of carboxylic acids is 1. The van der Waals surface area contributed by atoms with Crippen LogP contribution < -0.4 is 4.74 Å². The first-order valence-electron chi connectivity index (χ1n) is 4.77. The average Bonchev–Trinajstić information content (AvgIpc) is 2.30. The van der Waals surface area contributed by atoms with Crippen molar-refractivity contribution in [1.29, 1.82) is 0 Å². The maximum absolute atomic E-state index is 10.8. The number of methoxy groups -OCH3 is 2. The van der Waals surface area contributed by atoms with Crippen LogP contribution in [-0.4, -0.2) is 30.4 Å². The lowest BCUT2D eigenvalue weighted by molar-refractivity contribution is -0.147. The molecule has 17 heavy (non-hydrogen) atoms. The molecule has 0 heterocycles. The van der Waals surface area contributed by atoms with Crippen LogP contribution in [0.5, 0.6) is 5.75 Å². The number of benzene rings is 1. The Labute approximate surface area is 107 Å². The van der Waals surface area contributed by atoms with Gasteiger partial charge in [-0.25, -0.2) is 4.79 Å². The largest absolute Gasteiger partial charge is 0.496 e. The van der Waals surface area contributed by atoms with E-state index in [4.69, 9.17) is 14.6 Å². The van der Waals surface area contributed by atoms with Crippen LogP contribution in [0.25, 0.3) is 0 Å². The molecule has 0 fully saturated rings. The Morgan fingerprint density at radius 1 is 1.47 bits per heavy atom. The van der Waals surface area contributed by atoms with Crippen LogP contribution >= 0.6 is 15.9 Å². The molecule has 0 bridgehead atoms. The zero-order chi connectivity index (χ0) is 13.0. The number of halogens is 1. The van der Waals surface area contributed by atoms with E-state index in [9.17, 15) is 9.90 Å². The number of ether oxygens (including phenoxy) is 2. The van der Waals surface area contributed by atoms with Crippen molar-refractivity contribution in [2.75, 3.05) is 14.2 Å². The summed E-state index contributed by atoms with van der Waals surface area (Å²) < 4.78 is 10.6. The first-order valence-corrected chi connectivity index (χ1v) is 5.56. The van der Waals surface area contributed by atoms with E-state index in [1.54, 1.807) is 6.07 Å². The highest BCUT2D eigenvalue weighted by molar-refractivity contribution is 9.10. The molecular formula is C11H13BrO5. The normalized spacial score (nSPS) is 12.2. The van der Waals surface area contributed by atoms with Gasteiger partial charge in [0.05, 0.1) is 18.2 Å². The zero-order valence-corrected chi connectivity index (χ0v) is 11.0. The number of aliphatic carboxylic acids is 1. The minimum atomic E-state index is -1.58. The minimum Gasteiger partial charge on any atom is -0.496 e. The van der Waals surface area contributed by atoms with Crippen molar-refractivity contribution in [2.24, 2.45) is 0 Å². The van der Waals surface area contributed by atoms with Gasteiger partial charge in [-0.15, -0.1) is 0 Å². The molecule has 0 saturated heterocycles. The predicted molar refractivity (Wildman–Crippen MR) is 64.0 cm³/mol. The van der Waals surface area contributed by atoms with Crippen molar-refractivity contribution in [3.05, 3.63) is 27.7 Å². The summed E-state index contributed by atoms with van der Waals surface area (Å²) >= 11 is 3.24. The van der Waals surface area contributed by atoms with Gasteiger partial charge in [0.1, 0.15) is 5.75 Å². The lowest BCUT2D eigenvalue weighted by Gasteiger charge is -2.14. The fourth-order valence-corrected chi connectivity index (χ4v) is 1.96. The first kappa shape index (κ1) is 14.0. The lowest BCUT2D eigenvalue weighted by atomic mass is 10.0. The van der Waals surface area contributed by atoms with Crippen molar-refractivity contribution >= 4 is 21.9 Å². The second kappa shape index (κ2) is 6.00. The second-order valence-electron chi connectivity index (χ2n) is 3.36. The summed E-state index contributed by atoms with van der Waals surface area (Å²) in [4.78, 5) is 10.8. The Bertz CT molecular complexity index is 419. The number of aliphatic hydroxyl groups excluding tert-OH is 1. The topological polar surface area (TPSA) is 76.0 Å². The SMILES string of the molecule is COCc1cc(OC)c(Br)cc1C(O)C(=O)O. The fraction of sp³-hybridized carbons (Fsp3) is 0.364. The van der Waals surface area contributed by atoms with Crippen molar-refractivity contribution in [1.82, 2.24) is 0 Å². The van der Waals surface area contributed by atoms with Crippen molar-refractivity contribution < 1.29 is 24.5 Å². The summed E-state index contributed by atoms with van der Waals surface area (Å²) in [6.45, 7) is 0.198. The average molecular weight is 305 g/mol. The van der Waals surface area contributed by atoms with Gasteiger partial charge in [-0.05, 0) is 39.2 Å². The van der Waals surface area contributed by atoms with E-state index < -0.39 is 12.1 Å². The van der Waals surface area contributed by atoms with Gasteiger partial charge in [0.15, 0.2) is 6.10 Å². The van der Waals surface area contributed by atoms with Crippen LogP contribution in [0.2, 0.25) is 0 Å². The number of carbonyl (C=O) groups is 1. The number of rotatable bonds is 5. The molecule has 0 spiro atoms. The van der Waals surface area contributed by atoms with Gasteiger partial charge in [-0.3, -0.25) is 0 Å². The van der Waals surface area contributed by atoms with Gasteiger partial charge in [-0.1, -0.05) is 0 Å². The molecule has 0 aromatic heterocycles. The Kier molecular flexibility index (Phi) is 4.92. The fourth-order valence-electron chi connectivity index (χ4n) is 1.44. The third-order valence-electron chi connectivity index (χ3n) is 2.24. The van der Waals surface area contributed by atoms with Gasteiger partial charge in [0.25, 0.3) is 0 Å². The van der Waals surface area contributed by atoms with Gasteiger partial charge in [-0.2, -0.15) is 0 Å². The van der Waals surface area contributed by atoms with Crippen molar-refractivity contribution in [2.45, 2.75) is 12.7 Å². The van der Waals surface area contributed by atoms with Crippen molar-refractivity contribution in [3.8, 4) is 5.75 Å². The highest BCUT2D eigenvalue weighted by atomic mass is 79.9. The molecular weight excluding hydrogens is 292 g/mol. The second-order valence-corrected chi connectivity index (χ2v) is 4.21. The molecule has 1 unspecified atom stereocenters. The highest BCUT2D eigenvalue weighted by Crippen LogP contribution is 2.32. The summed E-state index contributed by atoms with van der Waals surface area (Å²) in [5, 5.41) is 18.4. The predicted octanol–water partition coefficient (Wildman–Crippen LogP) is 1.72. The molecule has 0 aliphatic heterocycles. The lowest BCUT2D eigenvalue weighted by Crippen LogP contribution is -2.13. The third kappa shape index (κ3) is 3.18. The van der Waals surface area contributed by atoms with Crippen LogP contribution in [0.1, 0.15) is 17.2 Å². The standard InChI is InChI=1S/C11H13BrO5/c1-16-5-6-3-9(17-2)8(12)4-7(6)10(13)11(14)15/h3-4,10,13H,5H2,1-2H3,(H,14,15). The molecule has 0 saturated carbocycles. The molecule has 1 atom stereocenters. The van der Waals surface area contributed by atoms with E-state index in [1.165, 1.54) is 20.3 Å². The molecule has 0 aliphatic carbocycles. The molecule has 2 N–H and O–H groups in total. The smallest absolute Gasteiger partial charge is 0.337 e.